The number of carbonyl (C=O) groups is 1. The summed E-state index contributed by atoms with van der Waals surface area (Å²) in [5, 5.41) is 12.6. The summed E-state index contributed by atoms with van der Waals surface area (Å²) in [6.07, 6.45) is 0. The van der Waals surface area contributed by atoms with Crippen LogP contribution in [0.15, 0.2) is 30.3 Å². The Labute approximate surface area is 128 Å². The predicted molar refractivity (Wildman–Crippen MR) is 82.9 cm³/mol. The fraction of sp³-hybridized carbons (Fsp3) is 0. The number of phenolic OH excluding ortho intramolecular Hbond substituents is 1. The lowest BCUT2D eigenvalue weighted by Crippen LogP contribution is -2.12. The van der Waals surface area contributed by atoms with Gasteiger partial charge in [-0.1, -0.05) is 11.6 Å². The van der Waals surface area contributed by atoms with Crippen LogP contribution in [0.25, 0.3) is 11.0 Å². The van der Waals surface area contributed by atoms with Gasteiger partial charge in [0.25, 0.3) is 5.91 Å². The van der Waals surface area contributed by atoms with Gasteiger partial charge in [-0.05, 0) is 30.3 Å². The quantitative estimate of drug-likeness (QED) is 0.498. The van der Waals surface area contributed by atoms with E-state index in [0.29, 0.717) is 21.7 Å². The molecule has 1 amide bonds. The molecule has 8 heteroatoms. The topological polar surface area (TPSA) is 101 Å². The summed E-state index contributed by atoms with van der Waals surface area (Å²) in [6.45, 7) is 0. The van der Waals surface area contributed by atoms with E-state index in [1.807, 2.05) is 0 Å². The molecule has 0 saturated heterocycles. The number of phenols is 1. The highest BCUT2D eigenvalue weighted by Crippen LogP contribution is 2.30. The molecule has 3 rings (SSSR count). The van der Waals surface area contributed by atoms with E-state index in [1.54, 1.807) is 12.1 Å². The largest absolute Gasteiger partial charge is 0.506 e. The Morgan fingerprint density at radius 2 is 2.10 bits per heavy atom. The van der Waals surface area contributed by atoms with Crippen molar-refractivity contribution in [1.29, 1.82) is 0 Å². The van der Waals surface area contributed by atoms with Crippen molar-refractivity contribution in [3.05, 3.63) is 40.9 Å². The number of nitrogens with one attached hydrogen (secondary N) is 1. The molecule has 3 aromatic rings. The van der Waals surface area contributed by atoms with Crippen molar-refractivity contribution < 1.29 is 9.90 Å². The zero-order valence-corrected chi connectivity index (χ0v) is 12.1. The first-order valence-corrected chi connectivity index (χ1v) is 6.97. The van der Waals surface area contributed by atoms with Gasteiger partial charge in [0.05, 0.1) is 28.1 Å². The maximum atomic E-state index is 12.2. The van der Waals surface area contributed by atoms with Gasteiger partial charge >= 0.3 is 0 Å². The molecular weight excluding hydrogens is 312 g/mol. The summed E-state index contributed by atoms with van der Waals surface area (Å²) in [6, 6.07) is 7.62. The molecule has 6 nitrogen and oxygen atoms in total. The molecule has 21 heavy (non-hydrogen) atoms. The van der Waals surface area contributed by atoms with Gasteiger partial charge in [-0.2, -0.15) is 8.75 Å². The van der Waals surface area contributed by atoms with Gasteiger partial charge in [-0.25, -0.2) is 0 Å². The third-order valence-corrected chi connectivity index (χ3v) is 3.77. The number of hydrogen-bond donors (Lipinski definition) is 3. The van der Waals surface area contributed by atoms with E-state index in [0.717, 1.165) is 11.7 Å². The lowest BCUT2D eigenvalue weighted by molar-refractivity contribution is 0.102. The molecule has 0 radical (unpaired) electrons. The molecule has 4 N–H and O–H groups in total. The monoisotopic (exact) mass is 320 g/mol. The Bertz CT molecular complexity index is 849. The van der Waals surface area contributed by atoms with Crippen LogP contribution in [0.5, 0.6) is 5.75 Å². The maximum Gasteiger partial charge on any atom is 0.255 e. The van der Waals surface area contributed by atoms with Crippen LogP contribution in [0, 0.1) is 0 Å². The number of rotatable bonds is 2. The summed E-state index contributed by atoms with van der Waals surface area (Å²) >= 11 is 7.14. The van der Waals surface area contributed by atoms with Crippen LogP contribution in [0.1, 0.15) is 10.4 Å². The maximum absolute atomic E-state index is 12.2. The smallest absolute Gasteiger partial charge is 0.255 e. The minimum absolute atomic E-state index is 0.151. The second-order valence-corrected chi connectivity index (χ2v) is 5.22. The Morgan fingerprint density at radius 3 is 2.86 bits per heavy atom. The van der Waals surface area contributed by atoms with Crippen LogP contribution in [-0.4, -0.2) is 19.8 Å². The molecule has 0 saturated carbocycles. The standard InChI is InChI=1S/C13H9ClN4O2S/c14-7-2-4-9-12(18-21-17-9)11(7)16-13(20)6-1-3-8(15)10(19)5-6/h1-5,19H,15H2,(H,16,20). The van der Waals surface area contributed by atoms with Crippen molar-refractivity contribution in [2.75, 3.05) is 11.1 Å². The number of benzene rings is 2. The fourth-order valence-corrected chi connectivity index (χ4v) is 2.56. The Hall–Kier alpha value is -2.38. The molecule has 0 unspecified atom stereocenters. The number of halogens is 1. The van der Waals surface area contributed by atoms with E-state index >= 15 is 0 Å². The third kappa shape index (κ3) is 2.48. The van der Waals surface area contributed by atoms with Gasteiger partial charge in [0.15, 0.2) is 0 Å². The number of hydrogen-bond acceptors (Lipinski definition) is 6. The lowest BCUT2D eigenvalue weighted by atomic mass is 10.1. The second-order valence-electron chi connectivity index (χ2n) is 4.28. The highest BCUT2D eigenvalue weighted by molar-refractivity contribution is 7.00. The summed E-state index contributed by atoms with van der Waals surface area (Å²) in [5.74, 6) is -0.574. The third-order valence-electron chi connectivity index (χ3n) is 2.91. The van der Waals surface area contributed by atoms with Gasteiger partial charge in [0.1, 0.15) is 16.8 Å². The second kappa shape index (κ2) is 5.19. The molecular formula is C13H9ClN4O2S. The van der Waals surface area contributed by atoms with Crippen molar-refractivity contribution >= 4 is 51.6 Å². The molecule has 0 fully saturated rings. The molecule has 106 valence electrons. The SMILES string of the molecule is Nc1ccc(C(=O)Nc2c(Cl)ccc3nsnc23)cc1O. The van der Waals surface area contributed by atoms with E-state index in [-0.39, 0.29) is 17.0 Å². The molecule has 0 atom stereocenters. The molecule has 1 heterocycles. The van der Waals surface area contributed by atoms with E-state index in [1.165, 1.54) is 18.2 Å². The Balaban J connectivity index is 1.98. The zero-order valence-electron chi connectivity index (χ0n) is 10.5. The van der Waals surface area contributed by atoms with Crippen molar-refractivity contribution in [2.24, 2.45) is 0 Å². The summed E-state index contributed by atoms with van der Waals surface area (Å²) in [4.78, 5) is 12.2. The van der Waals surface area contributed by atoms with Crippen LogP contribution < -0.4 is 11.1 Å². The van der Waals surface area contributed by atoms with Crippen molar-refractivity contribution in [2.45, 2.75) is 0 Å². The first kappa shape index (κ1) is 13.6. The van der Waals surface area contributed by atoms with Crippen molar-refractivity contribution in [1.82, 2.24) is 8.75 Å². The molecule has 0 bridgehead atoms. The minimum atomic E-state index is -0.423. The Kier molecular flexibility index (Phi) is 3.36. The van der Waals surface area contributed by atoms with Crippen LogP contribution in [0.4, 0.5) is 11.4 Å². The van der Waals surface area contributed by atoms with Crippen LogP contribution in [0.3, 0.4) is 0 Å². The number of fused-ring (bicyclic) bond motifs is 1. The lowest BCUT2D eigenvalue weighted by Gasteiger charge is -2.08. The van der Waals surface area contributed by atoms with Crippen LogP contribution in [-0.2, 0) is 0 Å². The van der Waals surface area contributed by atoms with Crippen LogP contribution in [0.2, 0.25) is 5.02 Å². The number of aromatic hydroxyl groups is 1. The van der Waals surface area contributed by atoms with E-state index in [4.69, 9.17) is 17.3 Å². The molecule has 0 aliphatic rings. The highest BCUT2D eigenvalue weighted by Gasteiger charge is 2.15. The molecule has 1 aromatic heterocycles. The number of amides is 1. The van der Waals surface area contributed by atoms with Gasteiger partial charge < -0.3 is 16.2 Å². The molecule has 0 aliphatic carbocycles. The van der Waals surface area contributed by atoms with Crippen LogP contribution >= 0.6 is 23.3 Å². The number of nitrogen functional groups attached to an aromatic ring is 1. The average molecular weight is 321 g/mol. The van der Waals surface area contributed by atoms with Gasteiger partial charge in [-0.15, -0.1) is 0 Å². The molecule has 0 spiro atoms. The normalized spacial score (nSPS) is 10.7. The van der Waals surface area contributed by atoms with E-state index in [2.05, 4.69) is 14.1 Å². The predicted octanol–water partition coefficient (Wildman–Crippen LogP) is 2.88. The van der Waals surface area contributed by atoms with E-state index < -0.39 is 5.91 Å². The number of carbonyl (C=O) groups excluding carboxylic acids is 1. The fourth-order valence-electron chi connectivity index (χ4n) is 1.82. The number of aromatic nitrogens is 2. The van der Waals surface area contributed by atoms with Gasteiger partial charge in [0.2, 0.25) is 0 Å². The minimum Gasteiger partial charge on any atom is -0.506 e. The zero-order chi connectivity index (χ0) is 15.0. The van der Waals surface area contributed by atoms with E-state index in [9.17, 15) is 9.90 Å². The number of anilines is 2. The van der Waals surface area contributed by atoms with Gasteiger partial charge in [-0.3, -0.25) is 4.79 Å². The van der Waals surface area contributed by atoms with Gasteiger partial charge in [0, 0.05) is 5.56 Å². The van der Waals surface area contributed by atoms with Crippen molar-refractivity contribution in [3.8, 4) is 5.75 Å². The molecule has 0 aliphatic heterocycles. The number of nitrogens with two attached hydrogens (primary N) is 1. The Morgan fingerprint density at radius 1 is 1.29 bits per heavy atom. The first-order chi connectivity index (χ1) is 10.1. The average Bonchev–Trinajstić information content (AvgIpc) is 2.93. The van der Waals surface area contributed by atoms with Crippen molar-refractivity contribution in [3.63, 3.8) is 0 Å². The molecule has 2 aromatic carbocycles. The summed E-state index contributed by atoms with van der Waals surface area (Å²) in [5.41, 5.74) is 7.55. The summed E-state index contributed by atoms with van der Waals surface area (Å²) in [7, 11) is 0. The number of nitrogens with zero attached hydrogens (tertiary/aromatic N) is 2. The summed E-state index contributed by atoms with van der Waals surface area (Å²) < 4.78 is 8.21. The highest BCUT2D eigenvalue weighted by atomic mass is 35.5. The first-order valence-electron chi connectivity index (χ1n) is 5.87.